The summed E-state index contributed by atoms with van der Waals surface area (Å²) in [5.41, 5.74) is 0. The van der Waals surface area contributed by atoms with Crippen LogP contribution in [-0.2, 0) is 4.79 Å². The summed E-state index contributed by atoms with van der Waals surface area (Å²) in [4.78, 5) is 20.9. The smallest absolute Gasteiger partial charge is 0.322 e. The number of oxime groups is 1. The van der Waals surface area contributed by atoms with Gasteiger partial charge in [-0.2, -0.15) is 0 Å². The van der Waals surface area contributed by atoms with Gasteiger partial charge in [-0.25, -0.2) is 4.79 Å². The lowest BCUT2D eigenvalue weighted by atomic mass is 10.3. The average molecular weight is 143 g/mol. The Morgan fingerprint density at radius 1 is 1.60 bits per heavy atom. The van der Waals surface area contributed by atoms with Gasteiger partial charge in [0.1, 0.15) is 6.04 Å². The van der Waals surface area contributed by atoms with Crippen LogP contribution in [0.25, 0.3) is 0 Å². The fraction of sp³-hybridized carbons (Fsp3) is 0.250. The Balaban J connectivity index is 2.63. The minimum Gasteiger partial charge on any atom is -0.411 e. The summed E-state index contributed by atoms with van der Waals surface area (Å²) in [6.07, 6.45) is 0.931. The molecule has 1 heterocycles. The van der Waals surface area contributed by atoms with Crippen molar-refractivity contribution >= 4 is 18.2 Å². The van der Waals surface area contributed by atoms with Gasteiger partial charge in [-0.1, -0.05) is 5.16 Å². The van der Waals surface area contributed by atoms with Crippen LogP contribution in [0, 0.1) is 0 Å². The molecule has 0 saturated carbocycles. The molecule has 1 fully saturated rings. The fourth-order valence-corrected chi connectivity index (χ4v) is 0.604. The lowest BCUT2D eigenvalue weighted by molar-refractivity contribution is -0.118. The van der Waals surface area contributed by atoms with Gasteiger partial charge < -0.3 is 10.5 Å². The lowest BCUT2D eigenvalue weighted by Gasteiger charge is -1.93. The molecule has 0 aromatic carbocycles. The van der Waals surface area contributed by atoms with E-state index in [1.165, 1.54) is 0 Å². The maximum Gasteiger partial charge on any atom is 0.322 e. The minimum absolute atomic E-state index is 0.511. The van der Waals surface area contributed by atoms with Gasteiger partial charge in [0.25, 0.3) is 5.91 Å². The van der Waals surface area contributed by atoms with E-state index in [1.54, 1.807) is 0 Å². The van der Waals surface area contributed by atoms with Gasteiger partial charge in [0.05, 0.1) is 6.21 Å². The van der Waals surface area contributed by atoms with Crippen LogP contribution in [0.15, 0.2) is 5.16 Å². The first-order chi connectivity index (χ1) is 4.74. The van der Waals surface area contributed by atoms with Crippen LogP contribution in [0.4, 0.5) is 4.79 Å². The zero-order valence-electron chi connectivity index (χ0n) is 4.87. The monoisotopic (exact) mass is 143 g/mol. The largest absolute Gasteiger partial charge is 0.411 e. The van der Waals surface area contributed by atoms with E-state index in [-0.39, 0.29) is 0 Å². The maximum atomic E-state index is 10.6. The average Bonchev–Trinajstić information content (AvgIpc) is 2.13. The number of urea groups is 1. The molecule has 0 bridgehead atoms. The normalized spacial score (nSPS) is 25.0. The number of imide groups is 1. The Kier molecular flexibility index (Phi) is 1.53. The van der Waals surface area contributed by atoms with Crippen molar-refractivity contribution in [1.29, 1.82) is 0 Å². The van der Waals surface area contributed by atoms with Crippen LogP contribution in [0.1, 0.15) is 0 Å². The maximum absolute atomic E-state index is 10.6. The van der Waals surface area contributed by atoms with E-state index in [0.29, 0.717) is 0 Å². The molecule has 1 saturated heterocycles. The zero-order chi connectivity index (χ0) is 7.56. The number of hydrogen-bond acceptors (Lipinski definition) is 4. The standard InChI is InChI=1S/C4H5N3O3/c8-3-2(1-5-10)6-4(9)7-3/h1-2,10H,(H2,6,7,8,9)/b5-1+. The number of amides is 3. The van der Waals surface area contributed by atoms with Gasteiger partial charge in [-0.15, -0.1) is 0 Å². The summed E-state index contributed by atoms with van der Waals surface area (Å²) in [5, 5.41) is 14.7. The van der Waals surface area contributed by atoms with E-state index in [4.69, 9.17) is 5.21 Å². The topological polar surface area (TPSA) is 90.8 Å². The summed E-state index contributed by atoms with van der Waals surface area (Å²) in [6, 6.07) is -1.41. The third kappa shape index (κ3) is 1.04. The Bertz CT molecular complexity index is 200. The molecule has 0 aromatic rings. The van der Waals surface area contributed by atoms with Gasteiger partial charge in [-0.3, -0.25) is 10.1 Å². The molecule has 0 aliphatic carbocycles. The van der Waals surface area contributed by atoms with Crippen molar-refractivity contribution in [3.63, 3.8) is 0 Å². The number of nitrogens with zero attached hydrogens (tertiary/aromatic N) is 1. The molecule has 10 heavy (non-hydrogen) atoms. The second-order valence-electron chi connectivity index (χ2n) is 1.70. The molecule has 6 nitrogen and oxygen atoms in total. The molecule has 3 N–H and O–H groups in total. The van der Waals surface area contributed by atoms with Crippen LogP contribution >= 0.6 is 0 Å². The minimum atomic E-state index is -0.836. The number of rotatable bonds is 1. The quantitative estimate of drug-likeness (QED) is 0.183. The molecule has 3 amide bonds. The van der Waals surface area contributed by atoms with Crippen LogP contribution in [0.2, 0.25) is 0 Å². The van der Waals surface area contributed by atoms with Gasteiger partial charge in [0.15, 0.2) is 0 Å². The van der Waals surface area contributed by atoms with E-state index in [9.17, 15) is 9.59 Å². The Hall–Kier alpha value is -1.59. The predicted molar refractivity (Wildman–Crippen MR) is 30.7 cm³/mol. The molecule has 1 rings (SSSR count). The first kappa shape index (κ1) is 6.53. The van der Waals surface area contributed by atoms with Crippen molar-refractivity contribution in [2.75, 3.05) is 0 Å². The summed E-state index contributed by atoms with van der Waals surface area (Å²) < 4.78 is 0. The van der Waals surface area contributed by atoms with Crippen LogP contribution < -0.4 is 10.6 Å². The van der Waals surface area contributed by atoms with Gasteiger partial charge in [0.2, 0.25) is 0 Å². The summed E-state index contributed by atoms with van der Waals surface area (Å²) in [5.74, 6) is -0.511. The molecule has 0 spiro atoms. The Labute approximate surface area is 55.9 Å². The fourth-order valence-electron chi connectivity index (χ4n) is 0.604. The predicted octanol–water partition coefficient (Wildman–Crippen LogP) is -1.35. The highest BCUT2D eigenvalue weighted by Gasteiger charge is 2.27. The zero-order valence-corrected chi connectivity index (χ0v) is 4.87. The second kappa shape index (κ2) is 2.34. The first-order valence-corrected chi connectivity index (χ1v) is 2.53. The van der Waals surface area contributed by atoms with Crippen LogP contribution in [0.3, 0.4) is 0 Å². The number of hydrogen-bond donors (Lipinski definition) is 3. The van der Waals surface area contributed by atoms with E-state index < -0.39 is 18.0 Å². The molecule has 1 aliphatic heterocycles. The van der Waals surface area contributed by atoms with E-state index in [1.807, 2.05) is 5.32 Å². The molecule has 0 aromatic heterocycles. The van der Waals surface area contributed by atoms with E-state index in [0.717, 1.165) is 6.21 Å². The number of carbonyl (C=O) groups is 2. The Morgan fingerprint density at radius 3 is 2.70 bits per heavy atom. The summed E-state index contributed by atoms with van der Waals surface area (Å²) >= 11 is 0. The molecule has 6 heteroatoms. The SMILES string of the molecule is O=C1NC(=O)C(/C=N/O)N1. The molecule has 1 aliphatic rings. The van der Waals surface area contributed by atoms with Crippen molar-refractivity contribution in [2.24, 2.45) is 5.16 Å². The van der Waals surface area contributed by atoms with Crippen LogP contribution in [-0.4, -0.2) is 29.4 Å². The van der Waals surface area contributed by atoms with Gasteiger partial charge in [-0.05, 0) is 0 Å². The van der Waals surface area contributed by atoms with Crippen molar-refractivity contribution < 1.29 is 14.8 Å². The lowest BCUT2D eigenvalue weighted by Crippen LogP contribution is -2.30. The van der Waals surface area contributed by atoms with Crippen LogP contribution in [0.5, 0.6) is 0 Å². The Morgan fingerprint density at radius 2 is 2.30 bits per heavy atom. The number of carbonyl (C=O) groups excluding carboxylic acids is 2. The number of nitrogens with one attached hydrogen (secondary N) is 2. The molecule has 1 unspecified atom stereocenters. The summed E-state index contributed by atoms with van der Waals surface area (Å²) in [7, 11) is 0. The van der Waals surface area contributed by atoms with Crippen molar-refractivity contribution in [1.82, 2.24) is 10.6 Å². The van der Waals surface area contributed by atoms with Gasteiger partial charge >= 0.3 is 6.03 Å². The molecule has 1 atom stereocenters. The van der Waals surface area contributed by atoms with Gasteiger partial charge in [0, 0.05) is 0 Å². The van der Waals surface area contributed by atoms with Crippen molar-refractivity contribution in [3.05, 3.63) is 0 Å². The molecular weight excluding hydrogens is 138 g/mol. The van der Waals surface area contributed by atoms with Crippen molar-refractivity contribution in [2.45, 2.75) is 6.04 Å². The highest BCUT2D eigenvalue weighted by Crippen LogP contribution is 1.88. The third-order valence-corrected chi connectivity index (χ3v) is 1.02. The van der Waals surface area contributed by atoms with E-state index >= 15 is 0 Å². The third-order valence-electron chi connectivity index (χ3n) is 1.02. The van der Waals surface area contributed by atoms with Crippen molar-refractivity contribution in [3.8, 4) is 0 Å². The first-order valence-electron chi connectivity index (χ1n) is 2.53. The van der Waals surface area contributed by atoms with E-state index in [2.05, 4.69) is 10.5 Å². The molecule has 0 radical (unpaired) electrons. The molecule has 54 valence electrons. The molecular formula is C4H5N3O3. The second-order valence-corrected chi connectivity index (χ2v) is 1.70. The summed E-state index contributed by atoms with van der Waals surface area (Å²) in [6.45, 7) is 0. The highest BCUT2D eigenvalue weighted by atomic mass is 16.4. The highest BCUT2D eigenvalue weighted by molar-refractivity contribution is 6.12.